The zero-order valence-electron chi connectivity index (χ0n) is 18.4. The van der Waals surface area contributed by atoms with Gasteiger partial charge in [-0.1, -0.05) is 78.0 Å². The molecule has 0 saturated heterocycles. The molecule has 0 aliphatic heterocycles. The first-order valence-corrected chi connectivity index (χ1v) is 10.7. The maximum Gasteiger partial charge on any atom is 0.246 e. The minimum atomic E-state index is -0.0739. The highest BCUT2D eigenvalue weighted by Gasteiger charge is 2.15. The number of hydrogen-bond acceptors (Lipinski definition) is 5. The van der Waals surface area contributed by atoms with E-state index in [4.69, 9.17) is 9.26 Å². The number of amides is 1. The van der Waals surface area contributed by atoms with Crippen molar-refractivity contribution in [2.75, 3.05) is 13.7 Å². The zero-order valence-corrected chi connectivity index (χ0v) is 18.4. The van der Waals surface area contributed by atoms with Crippen LogP contribution in [0.1, 0.15) is 17.0 Å². The number of rotatable bonds is 9. The predicted molar refractivity (Wildman–Crippen MR) is 127 cm³/mol. The molecule has 166 valence electrons. The molecule has 0 N–H and O–H groups in total. The zero-order chi connectivity index (χ0) is 22.9. The Labute approximate surface area is 193 Å². The summed E-state index contributed by atoms with van der Waals surface area (Å²) >= 11 is 0. The van der Waals surface area contributed by atoms with Crippen molar-refractivity contribution in [3.05, 3.63) is 108 Å². The van der Waals surface area contributed by atoms with Crippen molar-refractivity contribution in [2.45, 2.75) is 13.0 Å². The third-order valence-electron chi connectivity index (χ3n) is 5.14. The maximum absolute atomic E-state index is 13.0. The van der Waals surface area contributed by atoms with Crippen LogP contribution in [0.2, 0.25) is 0 Å². The Bertz CT molecular complexity index is 1200. The lowest BCUT2D eigenvalue weighted by Crippen LogP contribution is -2.31. The summed E-state index contributed by atoms with van der Waals surface area (Å²) in [6, 6.07) is 27.2. The molecule has 1 amide bonds. The van der Waals surface area contributed by atoms with E-state index in [0.717, 1.165) is 22.4 Å². The van der Waals surface area contributed by atoms with Crippen molar-refractivity contribution in [1.29, 1.82) is 0 Å². The molecule has 0 aliphatic carbocycles. The highest BCUT2D eigenvalue weighted by molar-refractivity contribution is 5.91. The van der Waals surface area contributed by atoms with Gasteiger partial charge in [0.25, 0.3) is 0 Å². The molecule has 6 heteroatoms. The molecule has 0 aliphatic rings. The smallest absolute Gasteiger partial charge is 0.246 e. The fourth-order valence-corrected chi connectivity index (χ4v) is 3.37. The van der Waals surface area contributed by atoms with Crippen LogP contribution in [0.5, 0.6) is 5.75 Å². The summed E-state index contributed by atoms with van der Waals surface area (Å²) < 4.78 is 10.7. The molecule has 0 fully saturated rings. The second kappa shape index (κ2) is 10.9. The molecule has 1 aromatic heterocycles. The molecule has 0 saturated carbocycles. The van der Waals surface area contributed by atoms with Gasteiger partial charge in [-0.3, -0.25) is 4.79 Å². The lowest BCUT2D eigenvalue weighted by atomic mass is 10.2. The number of nitrogens with zero attached hydrogens (tertiary/aromatic N) is 3. The molecule has 0 atom stereocenters. The Kier molecular flexibility index (Phi) is 7.28. The van der Waals surface area contributed by atoms with Gasteiger partial charge in [-0.2, -0.15) is 4.98 Å². The molecule has 1 heterocycles. The fraction of sp³-hybridized carbons (Fsp3) is 0.148. The highest BCUT2D eigenvalue weighted by Crippen LogP contribution is 2.21. The SMILES string of the molecule is COc1cccc(-c2noc(CCN(Cc3ccccc3)C(=O)C=Cc3ccccc3)n2)c1. The molecule has 6 nitrogen and oxygen atoms in total. The third-order valence-corrected chi connectivity index (χ3v) is 5.14. The van der Waals surface area contributed by atoms with Gasteiger partial charge in [-0.15, -0.1) is 0 Å². The Morgan fingerprint density at radius 2 is 1.76 bits per heavy atom. The maximum atomic E-state index is 13.0. The quantitative estimate of drug-likeness (QED) is 0.342. The van der Waals surface area contributed by atoms with Gasteiger partial charge in [0.2, 0.25) is 17.6 Å². The van der Waals surface area contributed by atoms with Crippen LogP contribution in [0.25, 0.3) is 17.5 Å². The van der Waals surface area contributed by atoms with E-state index in [1.165, 1.54) is 0 Å². The van der Waals surface area contributed by atoms with Crippen LogP contribution in [0.4, 0.5) is 0 Å². The van der Waals surface area contributed by atoms with Gasteiger partial charge in [0.1, 0.15) is 5.75 Å². The van der Waals surface area contributed by atoms with Crippen LogP contribution in [0.15, 0.2) is 95.5 Å². The van der Waals surface area contributed by atoms with Crippen molar-refractivity contribution >= 4 is 12.0 Å². The summed E-state index contributed by atoms with van der Waals surface area (Å²) in [6.45, 7) is 0.947. The molecule has 0 radical (unpaired) electrons. The van der Waals surface area contributed by atoms with Crippen molar-refractivity contribution in [1.82, 2.24) is 15.0 Å². The average molecular weight is 440 g/mol. The van der Waals surface area contributed by atoms with Gasteiger partial charge in [0.05, 0.1) is 7.11 Å². The normalized spacial score (nSPS) is 10.9. The topological polar surface area (TPSA) is 68.5 Å². The number of carbonyl (C=O) groups excluding carboxylic acids is 1. The van der Waals surface area contributed by atoms with Crippen molar-refractivity contribution in [2.24, 2.45) is 0 Å². The Morgan fingerprint density at radius 1 is 1.00 bits per heavy atom. The number of benzene rings is 3. The fourth-order valence-electron chi connectivity index (χ4n) is 3.37. The first-order valence-electron chi connectivity index (χ1n) is 10.7. The van der Waals surface area contributed by atoms with Crippen LogP contribution < -0.4 is 4.74 Å². The number of ether oxygens (including phenoxy) is 1. The van der Waals surface area contributed by atoms with Crippen molar-refractivity contribution in [3.8, 4) is 17.1 Å². The largest absolute Gasteiger partial charge is 0.497 e. The highest BCUT2D eigenvalue weighted by atomic mass is 16.5. The molecular formula is C27H25N3O3. The van der Waals surface area contributed by atoms with Crippen LogP contribution in [-0.4, -0.2) is 34.6 Å². The van der Waals surface area contributed by atoms with E-state index in [1.54, 1.807) is 18.1 Å². The van der Waals surface area contributed by atoms with Crippen LogP contribution in [0.3, 0.4) is 0 Å². The number of carbonyl (C=O) groups is 1. The Hall–Kier alpha value is -4.19. The second-order valence-corrected chi connectivity index (χ2v) is 7.48. The van der Waals surface area contributed by atoms with Crippen LogP contribution in [0, 0.1) is 0 Å². The van der Waals surface area contributed by atoms with E-state index >= 15 is 0 Å². The van der Waals surface area contributed by atoms with Gasteiger partial charge in [0.15, 0.2) is 0 Å². The molecule has 0 bridgehead atoms. The summed E-state index contributed by atoms with van der Waals surface area (Å²) in [4.78, 5) is 19.3. The molecule has 4 rings (SSSR count). The number of hydrogen-bond donors (Lipinski definition) is 0. The Balaban J connectivity index is 1.46. The summed E-state index contributed by atoms with van der Waals surface area (Å²) in [5.41, 5.74) is 2.85. The monoisotopic (exact) mass is 439 g/mol. The van der Waals surface area contributed by atoms with Gasteiger partial charge in [-0.05, 0) is 29.3 Å². The van der Waals surface area contributed by atoms with Crippen molar-refractivity contribution in [3.63, 3.8) is 0 Å². The van der Waals surface area contributed by atoms with Gasteiger partial charge in [-0.25, -0.2) is 0 Å². The van der Waals surface area contributed by atoms with Crippen LogP contribution >= 0.6 is 0 Å². The summed E-state index contributed by atoms with van der Waals surface area (Å²) in [6.07, 6.45) is 3.89. The van der Waals surface area contributed by atoms with E-state index in [0.29, 0.717) is 31.2 Å². The molecule has 33 heavy (non-hydrogen) atoms. The van der Waals surface area contributed by atoms with Gasteiger partial charge < -0.3 is 14.2 Å². The summed E-state index contributed by atoms with van der Waals surface area (Å²) in [7, 11) is 1.62. The lowest BCUT2D eigenvalue weighted by Gasteiger charge is -2.20. The second-order valence-electron chi connectivity index (χ2n) is 7.48. The van der Waals surface area contributed by atoms with Crippen molar-refractivity contribution < 1.29 is 14.1 Å². The molecular weight excluding hydrogens is 414 g/mol. The summed E-state index contributed by atoms with van der Waals surface area (Å²) in [5.74, 6) is 1.62. The van der Waals surface area contributed by atoms with Crippen LogP contribution in [-0.2, 0) is 17.8 Å². The van der Waals surface area contributed by atoms with Gasteiger partial charge in [0, 0.05) is 31.1 Å². The predicted octanol–water partition coefficient (Wildman–Crippen LogP) is 5.03. The average Bonchev–Trinajstić information content (AvgIpc) is 3.35. The number of aromatic nitrogens is 2. The molecule has 4 aromatic rings. The minimum Gasteiger partial charge on any atom is -0.497 e. The number of methoxy groups -OCH3 is 1. The third kappa shape index (κ3) is 6.17. The lowest BCUT2D eigenvalue weighted by molar-refractivity contribution is -0.126. The minimum absolute atomic E-state index is 0.0739. The van der Waals surface area contributed by atoms with E-state index in [9.17, 15) is 4.79 Å². The van der Waals surface area contributed by atoms with E-state index in [-0.39, 0.29) is 5.91 Å². The van der Waals surface area contributed by atoms with E-state index in [2.05, 4.69) is 10.1 Å². The molecule has 0 unspecified atom stereocenters. The van der Waals surface area contributed by atoms with Gasteiger partial charge >= 0.3 is 0 Å². The standard InChI is InChI=1S/C27H25N3O3/c1-32-24-14-8-13-23(19-24)27-28-25(33-29-27)17-18-30(20-22-11-6-3-7-12-22)26(31)16-15-21-9-4-2-5-10-21/h2-16,19H,17-18,20H2,1H3. The van der Waals surface area contributed by atoms with E-state index in [1.807, 2.05) is 91.0 Å². The first kappa shape index (κ1) is 22.0. The molecule has 3 aromatic carbocycles. The summed E-state index contributed by atoms with van der Waals surface area (Å²) in [5, 5.41) is 4.09. The first-order chi connectivity index (χ1) is 16.2. The molecule has 0 spiro atoms. The Morgan fingerprint density at radius 3 is 2.52 bits per heavy atom. The van der Waals surface area contributed by atoms with E-state index < -0.39 is 0 Å².